The van der Waals surface area contributed by atoms with Crippen LogP contribution in [0, 0.1) is 6.92 Å². The van der Waals surface area contributed by atoms with Crippen molar-refractivity contribution in [2.45, 2.75) is 92.9 Å². The molecule has 1 heterocycles. The number of rotatable bonds is 9. The summed E-state index contributed by atoms with van der Waals surface area (Å²) in [5.74, 6) is 0.700. The van der Waals surface area contributed by atoms with Crippen molar-refractivity contribution in [2.24, 2.45) is 0 Å². The molecule has 1 N–H and O–H groups in total. The molecule has 8 heteroatoms. The van der Waals surface area contributed by atoms with E-state index in [1.165, 1.54) is 23.5 Å². The molecule has 1 aromatic heterocycles. The molecule has 0 spiro atoms. The van der Waals surface area contributed by atoms with Crippen molar-refractivity contribution in [3.8, 4) is 16.3 Å². The number of ether oxygens (including phenoxy) is 1. The lowest BCUT2D eigenvalue weighted by molar-refractivity contribution is -0.137. The maximum atomic E-state index is 13.0. The molecular formula is C31H42F3NO3S. The zero-order chi connectivity index (χ0) is 30.0. The van der Waals surface area contributed by atoms with E-state index < -0.39 is 17.3 Å². The molecule has 39 heavy (non-hydrogen) atoms. The van der Waals surface area contributed by atoms with E-state index in [2.05, 4.69) is 4.98 Å². The normalized spacial score (nSPS) is 11.3. The Bertz CT molecular complexity index is 1180. The third kappa shape index (κ3) is 9.76. The van der Waals surface area contributed by atoms with Crippen LogP contribution in [0.15, 0.2) is 42.5 Å². The van der Waals surface area contributed by atoms with Crippen molar-refractivity contribution in [2.75, 3.05) is 6.61 Å². The Morgan fingerprint density at radius 1 is 1.03 bits per heavy atom. The van der Waals surface area contributed by atoms with Crippen LogP contribution in [0.25, 0.3) is 10.6 Å². The second-order valence-electron chi connectivity index (χ2n) is 9.48. The van der Waals surface area contributed by atoms with Crippen molar-refractivity contribution in [1.29, 1.82) is 0 Å². The van der Waals surface area contributed by atoms with E-state index in [1.807, 2.05) is 48.5 Å². The van der Waals surface area contributed by atoms with Gasteiger partial charge in [-0.3, -0.25) is 4.79 Å². The number of aliphatic hydroxyl groups excluding tert-OH is 1. The maximum Gasteiger partial charge on any atom is 0.416 e. The van der Waals surface area contributed by atoms with Gasteiger partial charge in [-0.1, -0.05) is 53.7 Å². The molecule has 0 fully saturated rings. The van der Waals surface area contributed by atoms with Gasteiger partial charge in [0.2, 0.25) is 0 Å². The van der Waals surface area contributed by atoms with Gasteiger partial charge in [0, 0.05) is 22.4 Å². The van der Waals surface area contributed by atoms with E-state index in [9.17, 15) is 23.1 Å². The Labute approximate surface area is 235 Å². The third-order valence-electron chi connectivity index (χ3n) is 5.59. The number of aliphatic hydroxyl groups is 1. The summed E-state index contributed by atoms with van der Waals surface area (Å²) in [4.78, 5) is 18.6. The fourth-order valence-corrected chi connectivity index (χ4v) is 4.87. The SMILES string of the molecule is CC.CC.Cc1cc(OC(C)(C)CO)ccc1C(=O)CCc1sc(-c2ccc(C(F)(F)F)cc2)nc1C(C)C. The molecule has 0 bridgehead atoms. The Kier molecular flexibility index (Phi) is 13.4. The van der Waals surface area contributed by atoms with Crippen LogP contribution in [0.1, 0.15) is 99.8 Å². The van der Waals surface area contributed by atoms with Crippen molar-refractivity contribution in [3.63, 3.8) is 0 Å². The molecule has 0 radical (unpaired) electrons. The number of aryl methyl sites for hydroxylation is 2. The Balaban J connectivity index is 0.00000181. The molecular weight excluding hydrogens is 523 g/mol. The Morgan fingerprint density at radius 2 is 1.62 bits per heavy atom. The Morgan fingerprint density at radius 3 is 2.10 bits per heavy atom. The number of nitrogens with zero attached hydrogens (tertiary/aromatic N) is 1. The number of alkyl halides is 3. The van der Waals surface area contributed by atoms with Gasteiger partial charge in [0.25, 0.3) is 0 Å². The highest BCUT2D eigenvalue weighted by atomic mass is 32.1. The Hall–Kier alpha value is -2.71. The second-order valence-corrected chi connectivity index (χ2v) is 10.6. The summed E-state index contributed by atoms with van der Waals surface area (Å²) >= 11 is 1.42. The number of carbonyl (C=O) groups excluding carboxylic acids is 1. The first-order chi connectivity index (χ1) is 18.3. The van der Waals surface area contributed by atoms with Crippen LogP contribution in [0.4, 0.5) is 13.2 Å². The van der Waals surface area contributed by atoms with E-state index in [0.717, 1.165) is 28.3 Å². The van der Waals surface area contributed by atoms with Gasteiger partial charge in [0.1, 0.15) is 16.4 Å². The highest BCUT2D eigenvalue weighted by Crippen LogP contribution is 2.35. The molecule has 3 rings (SSSR count). The van der Waals surface area contributed by atoms with Gasteiger partial charge in [0.15, 0.2) is 5.78 Å². The first-order valence-corrected chi connectivity index (χ1v) is 14.2. The van der Waals surface area contributed by atoms with Gasteiger partial charge in [0.05, 0.1) is 17.9 Å². The highest BCUT2D eigenvalue weighted by molar-refractivity contribution is 7.15. The summed E-state index contributed by atoms with van der Waals surface area (Å²) < 4.78 is 44.4. The average Bonchev–Trinajstić information content (AvgIpc) is 3.34. The van der Waals surface area contributed by atoms with Gasteiger partial charge in [-0.15, -0.1) is 11.3 Å². The molecule has 0 amide bonds. The number of ketones is 1. The van der Waals surface area contributed by atoms with E-state index in [1.54, 1.807) is 32.0 Å². The average molecular weight is 566 g/mol. The van der Waals surface area contributed by atoms with E-state index in [-0.39, 0.29) is 24.7 Å². The molecule has 0 unspecified atom stereocenters. The summed E-state index contributed by atoms with van der Waals surface area (Å²) in [6.07, 6.45) is -3.59. The number of benzene rings is 2. The predicted molar refractivity (Wildman–Crippen MR) is 155 cm³/mol. The smallest absolute Gasteiger partial charge is 0.416 e. The monoisotopic (exact) mass is 565 g/mol. The molecule has 216 valence electrons. The quantitative estimate of drug-likeness (QED) is 0.263. The highest BCUT2D eigenvalue weighted by Gasteiger charge is 2.30. The van der Waals surface area contributed by atoms with Gasteiger partial charge >= 0.3 is 6.18 Å². The molecule has 0 aliphatic heterocycles. The van der Waals surface area contributed by atoms with Crippen LogP contribution >= 0.6 is 11.3 Å². The molecule has 3 aromatic rings. The minimum Gasteiger partial charge on any atom is -0.485 e. The topological polar surface area (TPSA) is 59.4 Å². The molecule has 2 aromatic carbocycles. The summed E-state index contributed by atoms with van der Waals surface area (Å²) in [5.41, 5.74) is 1.48. The van der Waals surface area contributed by atoms with Crippen molar-refractivity contribution >= 4 is 17.1 Å². The molecule has 0 atom stereocenters. The van der Waals surface area contributed by atoms with Gasteiger partial charge in [-0.2, -0.15) is 13.2 Å². The predicted octanol–water partition coefficient (Wildman–Crippen LogP) is 9.28. The number of thiazole rings is 1. The van der Waals surface area contributed by atoms with Gasteiger partial charge in [-0.05, 0) is 69.0 Å². The van der Waals surface area contributed by atoms with Crippen molar-refractivity contribution in [1.82, 2.24) is 4.98 Å². The molecule has 4 nitrogen and oxygen atoms in total. The number of carbonyl (C=O) groups is 1. The summed E-state index contributed by atoms with van der Waals surface area (Å²) in [6, 6.07) is 10.3. The van der Waals surface area contributed by atoms with Gasteiger partial charge in [-0.25, -0.2) is 4.98 Å². The fourth-order valence-electron chi connectivity index (χ4n) is 3.64. The number of halogens is 3. The van der Waals surface area contributed by atoms with Crippen LogP contribution in [0.5, 0.6) is 5.75 Å². The van der Waals surface area contributed by atoms with Crippen LogP contribution in [0.2, 0.25) is 0 Å². The molecule has 0 aliphatic rings. The van der Waals surface area contributed by atoms with E-state index >= 15 is 0 Å². The number of aromatic nitrogens is 1. The fraction of sp³-hybridized carbons (Fsp3) is 0.484. The standard InChI is InChI=1S/C27H30F3NO3S.2C2H6/c1-16(2)24-23(35-25(31-24)18-6-8-19(9-7-18)27(28,29)30)13-12-22(33)21-11-10-20(14-17(21)3)34-26(4,5)15-32;2*1-2/h6-11,14,16,32H,12-13,15H2,1-5H3;2*1-2H3. The first-order valence-electron chi connectivity index (χ1n) is 13.4. The lowest BCUT2D eigenvalue weighted by atomic mass is 9.99. The largest absolute Gasteiger partial charge is 0.485 e. The minimum atomic E-state index is -4.38. The lowest BCUT2D eigenvalue weighted by Crippen LogP contribution is -2.32. The zero-order valence-corrected chi connectivity index (χ0v) is 25.3. The zero-order valence-electron chi connectivity index (χ0n) is 24.5. The third-order valence-corrected chi connectivity index (χ3v) is 6.77. The second kappa shape index (κ2) is 15.2. The maximum absolute atomic E-state index is 13.0. The number of hydrogen-bond acceptors (Lipinski definition) is 5. The van der Waals surface area contributed by atoms with Gasteiger partial charge < -0.3 is 9.84 Å². The first kappa shape index (κ1) is 34.3. The van der Waals surface area contributed by atoms with Crippen LogP contribution in [-0.2, 0) is 12.6 Å². The minimum absolute atomic E-state index is 0.00495. The molecule has 0 saturated heterocycles. The summed E-state index contributed by atoms with van der Waals surface area (Å²) in [5, 5.41) is 10.0. The number of Topliss-reactive ketones (excluding diaryl/α,β-unsaturated/α-hetero) is 1. The van der Waals surface area contributed by atoms with Crippen molar-refractivity contribution in [3.05, 3.63) is 69.7 Å². The van der Waals surface area contributed by atoms with Crippen LogP contribution in [-0.4, -0.2) is 28.1 Å². The summed E-state index contributed by atoms with van der Waals surface area (Å²) in [7, 11) is 0. The number of hydrogen-bond donors (Lipinski definition) is 1. The molecule has 0 saturated carbocycles. The summed E-state index contributed by atoms with van der Waals surface area (Å²) in [6.45, 7) is 17.3. The molecule has 0 aliphatic carbocycles. The van der Waals surface area contributed by atoms with Crippen LogP contribution < -0.4 is 4.74 Å². The van der Waals surface area contributed by atoms with Crippen molar-refractivity contribution < 1.29 is 27.8 Å². The lowest BCUT2D eigenvalue weighted by Gasteiger charge is -2.24. The van der Waals surface area contributed by atoms with E-state index in [0.29, 0.717) is 28.3 Å². The van der Waals surface area contributed by atoms with E-state index in [4.69, 9.17) is 4.74 Å². The van der Waals surface area contributed by atoms with Crippen LogP contribution in [0.3, 0.4) is 0 Å².